The summed E-state index contributed by atoms with van der Waals surface area (Å²) in [5.41, 5.74) is 7.23. The van der Waals surface area contributed by atoms with Gasteiger partial charge < -0.3 is 15.8 Å². The second-order valence-electron chi connectivity index (χ2n) is 5.14. The Morgan fingerprint density at radius 2 is 1.88 bits per heavy atom. The summed E-state index contributed by atoms with van der Waals surface area (Å²) in [4.78, 5) is 23.1. The number of benzene rings is 2. The van der Waals surface area contributed by atoms with Gasteiger partial charge in [-0.05, 0) is 35.4 Å². The molecule has 0 fully saturated rings. The van der Waals surface area contributed by atoms with Gasteiger partial charge in [0, 0.05) is 11.8 Å². The van der Waals surface area contributed by atoms with E-state index in [1.165, 1.54) is 6.08 Å². The zero-order chi connectivity index (χ0) is 18.1. The minimum Gasteiger partial charge on any atom is -0.479 e. The van der Waals surface area contributed by atoms with Crippen LogP contribution in [-0.2, 0) is 16.0 Å². The van der Waals surface area contributed by atoms with Crippen LogP contribution in [0.1, 0.15) is 11.1 Å². The van der Waals surface area contributed by atoms with Crippen molar-refractivity contribution in [1.29, 1.82) is 5.26 Å². The molecule has 0 spiro atoms. The number of nitrogens with zero attached hydrogens (tertiary/aromatic N) is 1. The second-order valence-corrected chi connectivity index (χ2v) is 5.14. The molecule has 0 aromatic heterocycles. The molecule has 2 aromatic carbocycles. The van der Waals surface area contributed by atoms with Crippen LogP contribution in [0.25, 0.3) is 6.08 Å². The Balaban J connectivity index is 1.99. The molecule has 0 aliphatic carbocycles. The Hall–Kier alpha value is -3.59. The van der Waals surface area contributed by atoms with Crippen molar-refractivity contribution in [3.63, 3.8) is 0 Å². The standard InChI is InChI=1S/C19H17N3O3/c20-11-12-25-16-8-5-14(6-9-16)7-10-19(24)22-17-4-2-1-3-15(17)13-18(21)23/h1-10H,12-13H2,(H2,21,23)(H,22,24)/b10-7+. The molecule has 0 saturated carbocycles. The normalized spacial score (nSPS) is 10.2. The van der Waals surface area contributed by atoms with E-state index in [9.17, 15) is 9.59 Å². The summed E-state index contributed by atoms with van der Waals surface area (Å²) < 4.78 is 5.16. The lowest BCUT2D eigenvalue weighted by molar-refractivity contribution is -0.117. The largest absolute Gasteiger partial charge is 0.479 e. The first kappa shape index (κ1) is 17.8. The maximum atomic E-state index is 12.1. The number of anilines is 1. The van der Waals surface area contributed by atoms with E-state index in [1.807, 2.05) is 6.07 Å². The van der Waals surface area contributed by atoms with Crippen molar-refractivity contribution < 1.29 is 14.3 Å². The Kier molecular flexibility index (Phi) is 6.32. The molecule has 0 unspecified atom stereocenters. The van der Waals surface area contributed by atoms with E-state index in [4.69, 9.17) is 15.7 Å². The van der Waals surface area contributed by atoms with E-state index in [0.717, 1.165) is 5.56 Å². The van der Waals surface area contributed by atoms with Crippen LogP contribution in [0.5, 0.6) is 5.75 Å². The zero-order valence-electron chi connectivity index (χ0n) is 13.4. The number of nitrogens with one attached hydrogen (secondary N) is 1. The molecule has 2 aromatic rings. The molecular formula is C19H17N3O3. The van der Waals surface area contributed by atoms with Crippen LogP contribution in [0.2, 0.25) is 0 Å². The molecule has 0 bridgehead atoms. The zero-order valence-corrected chi connectivity index (χ0v) is 13.4. The highest BCUT2D eigenvalue weighted by Crippen LogP contribution is 2.16. The Bertz CT molecular complexity index is 821. The molecule has 0 saturated heterocycles. The van der Waals surface area contributed by atoms with Crippen LogP contribution in [0.4, 0.5) is 5.69 Å². The molecule has 0 radical (unpaired) electrons. The fourth-order valence-electron chi connectivity index (χ4n) is 2.12. The van der Waals surface area contributed by atoms with Gasteiger partial charge in [0.2, 0.25) is 11.8 Å². The maximum absolute atomic E-state index is 12.1. The van der Waals surface area contributed by atoms with Gasteiger partial charge in [-0.25, -0.2) is 0 Å². The number of para-hydroxylation sites is 1. The molecule has 3 N–H and O–H groups in total. The lowest BCUT2D eigenvalue weighted by atomic mass is 10.1. The van der Waals surface area contributed by atoms with E-state index in [-0.39, 0.29) is 18.9 Å². The molecule has 0 heterocycles. The quantitative estimate of drug-likeness (QED) is 0.757. The van der Waals surface area contributed by atoms with Crippen molar-refractivity contribution in [1.82, 2.24) is 0 Å². The smallest absolute Gasteiger partial charge is 0.248 e. The number of primary amides is 1. The summed E-state index contributed by atoms with van der Waals surface area (Å²) in [5.74, 6) is -0.193. The second kappa shape index (κ2) is 8.89. The van der Waals surface area contributed by atoms with E-state index in [0.29, 0.717) is 17.0 Å². The van der Waals surface area contributed by atoms with E-state index in [2.05, 4.69) is 5.32 Å². The molecule has 126 valence electrons. The van der Waals surface area contributed by atoms with Crippen molar-refractivity contribution in [3.05, 3.63) is 65.7 Å². The highest BCUT2D eigenvalue weighted by atomic mass is 16.5. The van der Waals surface area contributed by atoms with Gasteiger partial charge in [0.15, 0.2) is 6.61 Å². The van der Waals surface area contributed by atoms with Crippen LogP contribution >= 0.6 is 0 Å². The Morgan fingerprint density at radius 3 is 2.56 bits per heavy atom. The van der Waals surface area contributed by atoms with Crippen LogP contribution in [0.15, 0.2) is 54.6 Å². The highest BCUT2D eigenvalue weighted by molar-refractivity contribution is 6.02. The fourth-order valence-corrected chi connectivity index (χ4v) is 2.12. The average Bonchev–Trinajstić information content (AvgIpc) is 2.60. The maximum Gasteiger partial charge on any atom is 0.248 e. The summed E-state index contributed by atoms with van der Waals surface area (Å²) in [6.45, 7) is -0.0116. The molecular weight excluding hydrogens is 318 g/mol. The molecule has 6 heteroatoms. The number of nitriles is 1. The van der Waals surface area contributed by atoms with Crippen molar-refractivity contribution in [2.45, 2.75) is 6.42 Å². The monoisotopic (exact) mass is 335 g/mol. The predicted octanol–water partition coefficient (Wildman–Crippen LogP) is 2.27. The van der Waals surface area contributed by atoms with Crippen molar-refractivity contribution >= 4 is 23.6 Å². The van der Waals surface area contributed by atoms with Gasteiger partial charge >= 0.3 is 0 Å². The van der Waals surface area contributed by atoms with Gasteiger partial charge in [-0.2, -0.15) is 5.26 Å². The first-order valence-electron chi connectivity index (χ1n) is 7.53. The Labute approximate surface area is 145 Å². The van der Waals surface area contributed by atoms with Crippen LogP contribution in [0, 0.1) is 11.3 Å². The van der Waals surface area contributed by atoms with Gasteiger partial charge in [-0.1, -0.05) is 30.3 Å². The fraction of sp³-hybridized carbons (Fsp3) is 0.105. The summed E-state index contributed by atoms with van der Waals surface area (Å²) >= 11 is 0. The number of ether oxygens (including phenoxy) is 1. The third kappa shape index (κ3) is 5.84. The van der Waals surface area contributed by atoms with Crippen molar-refractivity contribution in [2.24, 2.45) is 5.73 Å². The number of carbonyl (C=O) groups excluding carboxylic acids is 2. The molecule has 0 aliphatic heterocycles. The van der Waals surface area contributed by atoms with E-state index in [1.54, 1.807) is 54.6 Å². The van der Waals surface area contributed by atoms with Crippen LogP contribution in [-0.4, -0.2) is 18.4 Å². The van der Waals surface area contributed by atoms with Gasteiger partial charge in [-0.15, -0.1) is 0 Å². The number of carbonyl (C=O) groups is 2. The summed E-state index contributed by atoms with van der Waals surface area (Å²) in [6.07, 6.45) is 3.11. The number of rotatable bonds is 7. The number of hydrogen-bond donors (Lipinski definition) is 2. The third-order valence-corrected chi connectivity index (χ3v) is 3.25. The first-order valence-corrected chi connectivity index (χ1v) is 7.53. The van der Waals surface area contributed by atoms with Crippen molar-refractivity contribution in [3.8, 4) is 11.8 Å². The summed E-state index contributed by atoms with van der Waals surface area (Å²) in [5, 5.41) is 11.2. The Morgan fingerprint density at radius 1 is 1.16 bits per heavy atom. The lowest BCUT2D eigenvalue weighted by Gasteiger charge is -2.08. The predicted molar refractivity (Wildman–Crippen MR) is 94.6 cm³/mol. The molecule has 2 amide bonds. The summed E-state index contributed by atoms with van der Waals surface area (Å²) in [7, 11) is 0. The number of amides is 2. The molecule has 6 nitrogen and oxygen atoms in total. The van der Waals surface area contributed by atoms with Gasteiger partial charge in [0.25, 0.3) is 0 Å². The van der Waals surface area contributed by atoms with E-state index >= 15 is 0 Å². The average molecular weight is 335 g/mol. The summed E-state index contributed by atoms with van der Waals surface area (Å²) in [6, 6.07) is 15.9. The lowest BCUT2D eigenvalue weighted by Crippen LogP contribution is -2.16. The van der Waals surface area contributed by atoms with Crippen molar-refractivity contribution in [2.75, 3.05) is 11.9 Å². The minimum absolute atomic E-state index is 0.0116. The highest BCUT2D eigenvalue weighted by Gasteiger charge is 2.06. The molecule has 0 aliphatic rings. The topological polar surface area (TPSA) is 105 Å². The van der Waals surface area contributed by atoms with Crippen LogP contribution in [0.3, 0.4) is 0 Å². The number of hydrogen-bond acceptors (Lipinski definition) is 4. The van der Waals surface area contributed by atoms with E-state index < -0.39 is 5.91 Å². The number of nitrogens with two attached hydrogens (primary N) is 1. The minimum atomic E-state index is -0.462. The molecule has 0 atom stereocenters. The molecule has 25 heavy (non-hydrogen) atoms. The van der Waals surface area contributed by atoms with Gasteiger partial charge in [0.05, 0.1) is 6.42 Å². The first-order chi connectivity index (χ1) is 12.1. The SMILES string of the molecule is N#CCOc1ccc(/C=C/C(=O)Nc2ccccc2CC(N)=O)cc1. The molecule has 2 rings (SSSR count). The third-order valence-electron chi connectivity index (χ3n) is 3.25. The van der Waals surface area contributed by atoms with Gasteiger partial charge in [-0.3, -0.25) is 9.59 Å². The van der Waals surface area contributed by atoms with Crippen LogP contribution < -0.4 is 15.8 Å². The van der Waals surface area contributed by atoms with Gasteiger partial charge in [0.1, 0.15) is 11.8 Å².